The third-order valence-corrected chi connectivity index (χ3v) is 9.36. The van der Waals surface area contributed by atoms with Crippen LogP contribution in [0.15, 0.2) is 66.7 Å². The van der Waals surface area contributed by atoms with Crippen LogP contribution in [0.4, 0.5) is 21.9 Å². The van der Waals surface area contributed by atoms with E-state index in [0.29, 0.717) is 24.8 Å². The van der Waals surface area contributed by atoms with Crippen LogP contribution in [0, 0.1) is 5.92 Å². The highest BCUT2D eigenvalue weighted by molar-refractivity contribution is 5.77. The van der Waals surface area contributed by atoms with Crippen molar-refractivity contribution in [1.29, 1.82) is 0 Å². The molecule has 1 heterocycles. The van der Waals surface area contributed by atoms with Crippen molar-refractivity contribution in [3.63, 3.8) is 0 Å². The molecule has 0 aromatic heterocycles. The topological polar surface area (TPSA) is 76.8 Å². The average Bonchev–Trinajstić information content (AvgIpc) is 2.98. The lowest BCUT2D eigenvalue weighted by Crippen LogP contribution is -2.62. The molecule has 1 saturated carbocycles. The monoisotopic (exact) mass is 539 g/mol. The summed E-state index contributed by atoms with van der Waals surface area (Å²) < 4.78 is 12.3. The van der Waals surface area contributed by atoms with Crippen molar-refractivity contribution in [2.45, 2.75) is 76.4 Å². The Labute approximate surface area is 237 Å². The van der Waals surface area contributed by atoms with Gasteiger partial charge in [-0.1, -0.05) is 68.7 Å². The van der Waals surface area contributed by atoms with Crippen LogP contribution in [0.1, 0.15) is 68.6 Å². The molecule has 3 aliphatic rings. The molecular formula is C34H41N3O3. The average molecular weight is 540 g/mol. The van der Waals surface area contributed by atoms with Gasteiger partial charge in [-0.05, 0) is 79.0 Å². The Kier molecular flexibility index (Phi) is 7.59. The molecule has 210 valence electrons. The van der Waals surface area contributed by atoms with Crippen LogP contribution < -0.4 is 15.8 Å². The van der Waals surface area contributed by atoms with E-state index in [2.05, 4.69) is 24.4 Å². The Hall–Kier alpha value is -3.67. The summed E-state index contributed by atoms with van der Waals surface area (Å²) in [7, 11) is 0. The van der Waals surface area contributed by atoms with Crippen molar-refractivity contribution in [2.24, 2.45) is 5.92 Å². The Morgan fingerprint density at radius 1 is 1.05 bits per heavy atom. The van der Waals surface area contributed by atoms with Crippen LogP contribution in [0.2, 0.25) is 0 Å². The van der Waals surface area contributed by atoms with E-state index in [0.717, 1.165) is 61.3 Å². The molecular weight excluding hydrogens is 498 g/mol. The third kappa shape index (κ3) is 5.00. The van der Waals surface area contributed by atoms with Crippen LogP contribution >= 0.6 is 0 Å². The summed E-state index contributed by atoms with van der Waals surface area (Å²) in [5.74, 6) is 1.34. The molecule has 1 amide bonds. The zero-order valence-electron chi connectivity index (χ0n) is 23.5. The molecule has 3 N–H and O–H groups in total. The molecule has 2 fully saturated rings. The lowest BCUT2D eigenvalue weighted by atomic mass is 9.52. The maximum absolute atomic E-state index is 13.5. The van der Waals surface area contributed by atoms with Gasteiger partial charge in [0.25, 0.3) is 0 Å². The fourth-order valence-electron chi connectivity index (χ4n) is 7.37. The number of benzene rings is 3. The maximum atomic E-state index is 13.5. The van der Waals surface area contributed by atoms with E-state index < -0.39 is 0 Å². The second-order valence-electron chi connectivity index (χ2n) is 11.7. The van der Waals surface area contributed by atoms with Crippen LogP contribution in [0.3, 0.4) is 0 Å². The number of amides is 1. The van der Waals surface area contributed by atoms with Gasteiger partial charge in [-0.3, -0.25) is 0 Å². The smallest absolute Gasteiger partial charge is 0.410 e. The largest absolute Gasteiger partial charge is 0.491 e. The molecule has 6 rings (SSSR count). The minimum absolute atomic E-state index is 0.0832. The zero-order valence-corrected chi connectivity index (χ0v) is 23.5. The SMILES string of the molecule is CCCCOc1cc2c(cc1Nc1ccccc1N)C[C@H]1[C@H]3CCCC[C@@]23CCN1C(=O)OCc1ccccc1. The number of unbranched alkanes of at least 4 members (excludes halogenated alkanes) is 1. The summed E-state index contributed by atoms with van der Waals surface area (Å²) in [5.41, 5.74) is 12.7. The van der Waals surface area contributed by atoms with Gasteiger partial charge in [-0.25, -0.2) is 4.79 Å². The predicted molar refractivity (Wildman–Crippen MR) is 160 cm³/mol. The number of nitrogens with two attached hydrogens (primary N) is 1. The molecule has 40 heavy (non-hydrogen) atoms. The Bertz CT molecular complexity index is 1340. The number of nitrogens with one attached hydrogen (secondary N) is 1. The van der Waals surface area contributed by atoms with Crippen molar-refractivity contribution in [2.75, 3.05) is 24.2 Å². The second-order valence-corrected chi connectivity index (χ2v) is 11.7. The van der Waals surface area contributed by atoms with Gasteiger partial charge in [0, 0.05) is 18.0 Å². The van der Waals surface area contributed by atoms with Crippen molar-refractivity contribution in [3.8, 4) is 5.75 Å². The Morgan fingerprint density at radius 2 is 1.88 bits per heavy atom. The molecule has 3 aromatic rings. The normalized spacial score (nSPS) is 23.1. The standard InChI is InChI=1S/C34H41N3O3/c1-2-3-19-39-32-22-27-25(20-30(32)36-29-15-8-7-14-28(29)35)21-31-26-13-9-10-16-34(26,27)17-18-37(31)33(38)40-23-24-11-5-4-6-12-24/h4-8,11-12,14-15,20,22,26,31,36H,2-3,9-10,13,16-19,21,23,35H2,1H3/t26-,31+,34+/m1/s1. The number of ether oxygens (including phenoxy) is 2. The quantitative estimate of drug-likeness (QED) is 0.228. The van der Waals surface area contributed by atoms with E-state index in [1.54, 1.807) is 0 Å². The van der Waals surface area contributed by atoms with Crippen LogP contribution in [-0.2, 0) is 23.2 Å². The van der Waals surface area contributed by atoms with Gasteiger partial charge in [-0.15, -0.1) is 0 Å². The third-order valence-electron chi connectivity index (χ3n) is 9.36. The molecule has 1 saturated heterocycles. The first-order valence-corrected chi connectivity index (χ1v) is 15.0. The van der Waals surface area contributed by atoms with Crippen molar-refractivity contribution < 1.29 is 14.3 Å². The number of rotatable bonds is 8. The first-order valence-electron chi connectivity index (χ1n) is 15.0. The highest BCUT2D eigenvalue weighted by Crippen LogP contribution is 2.57. The van der Waals surface area contributed by atoms with Crippen molar-refractivity contribution in [3.05, 3.63) is 83.4 Å². The molecule has 6 heteroatoms. The number of piperidine rings is 1. The molecule has 3 aromatic carbocycles. The van der Waals surface area contributed by atoms with Gasteiger partial charge in [0.2, 0.25) is 0 Å². The molecule has 6 nitrogen and oxygen atoms in total. The lowest BCUT2D eigenvalue weighted by Gasteiger charge is -2.58. The van der Waals surface area contributed by atoms with E-state index in [4.69, 9.17) is 15.2 Å². The number of nitrogens with zero attached hydrogens (tertiary/aromatic N) is 1. The highest BCUT2D eigenvalue weighted by atomic mass is 16.6. The lowest BCUT2D eigenvalue weighted by molar-refractivity contribution is -0.0137. The van der Waals surface area contributed by atoms with Crippen molar-refractivity contribution >= 4 is 23.2 Å². The molecule has 0 unspecified atom stereocenters. The number of hydrogen-bond acceptors (Lipinski definition) is 5. The summed E-state index contributed by atoms with van der Waals surface area (Å²) >= 11 is 0. The molecule has 0 radical (unpaired) electrons. The van der Waals surface area contributed by atoms with E-state index in [-0.39, 0.29) is 17.6 Å². The zero-order chi connectivity index (χ0) is 27.5. The van der Waals surface area contributed by atoms with E-state index in [1.807, 2.05) is 59.5 Å². The first kappa shape index (κ1) is 26.5. The summed E-state index contributed by atoms with van der Waals surface area (Å²) in [4.78, 5) is 15.5. The molecule has 1 aliphatic heterocycles. The molecule has 2 bridgehead atoms. The molecule has 0 spiro atoms. The number of hydrogen-bond donors (Lipinski definition) is 2. The van der Waals surface area contributed by atoms with Gasteiger partial charge in [-0.2, -0.15) is 0 Å². The Morgan fingerprint density at radius 3 is 2.70 bits per heavy atom. The van der Waals surface area contributed by atoms with E-state index in [9.17, 15) is 4.79 Å². The van der Waals surface area contributed by atoms with Crippen molar-refractivity contribution in [1.82, 2.24) is 4.90 Å². The predicted octanol–water partition coefficient (Wildman–Crippen LogP) is 7.59. The Balaban J connectivity index is 1.33. The number of nitrogen functional groups attached to an aromatic ring is 1. The number of anilines is 3. The number of para-hydroxylation sites is 2. The highest BCUT2D eigenvalue weighted by Gasteiger charge is 2.55. The van der Waals surface area contributed by atoms with Crippen LogP contribution in [0.25, 0.3) is 0 Å². The fraction of sp³-hybridized carbons (Fsp3) is 0.441. The summed E-state index contributed by atoms with van der Waals surface area (Å²) in [6.45, 7) is 3.92. The number of carbonyl (C=O) groups is 1. The van der Waals surface area contributed by atoms with Gasteiger partial charge < -0.3 is 25.4 Å². The minimum atomic E-state index is -0.189. The minimum Gasteiger partial charge on any atom is -0.491 e. The van der Waals surface area contributed by atoms with Gasteiger partial charge in [0.05, 0.1) is 23.7 Å². The van der Waals surface area contributed by atoms with Crippen LogP contribution in [-0.4, -0.2) is 30.2 Å². The first-order chi connectivity index (χ1) is 19.6. The molecule has 2 aliphatic carbocycles. The summed E-state index contributed by atoms with van der Waals surface area (Å²) in [6, 6.07) is 22.5. The number of carbonyl (C=O) groups excluding carboxylic acids is 1. The number of likely N-dealkylation sites (tertiary alicyclic amines) is 1. The molecule has 3 atom stereocenters. The van der Waals surface area contributed by atoms with Gasteiger partial charge >= 0.3 is 6.09 Å². The fourth-order valence-corrected chi connectivity index (χ4v) is 7.37. The van der Waals surface area contributed by atoms with E-state index in [1.165, 1.54) is 30.4 Å². The van der Waals surface area contributed by atoms with E-state index >= 15 is 0 Å². The summed E-state index contributed by atoms with van der Waals surface area (Å²) in [6.07, 6.45) is 8.48. The maximum Gasteiger partial charge on any atom is 0.410 e. The number of fused-ring (bicyclic) bond motifs is 1. The summed E-state index contributed by atoms with van der Waals surface area (Å²) in [5, 5.41) is 3.57. The van der Waals surface area contributed by atoms with Gasteiger partial charge in [0.1, 0.15) is 12.4 Å². The second kappa shape index (κ2) is 11.4. The van der Waals surface area contributed by atoms with Crippen LogP contribution in [0.5, 0.6) is 5.75 Å². The van der Waals surface area contributed by atoms with Gasteiger partial charge in [0.15, 0.2) is 0 Å².